The number of hydrogen-bond acceptors (Lipinski definition) is 7. The highest BCUT2D eigenvalue weighted by Crippen LogP contribution is 2.36. The van der Waals surface area contributed by atoms with E-state index in [0.717, 1.165) is 11.8 Å². The van der Waals surface area contributed by atoms with Crippen molar-refractivity contribution in [3.05, 3.63) is 0 Å². The number of carboxylic acid groups (broad SMARTS) is 1. The van der Waals surface area contributed by atoms with Crippen LogP contribution in [0.1, 0.15) is 54.4 Å². The summed E-state index contributed by atoms with van der Waals surface area (Å²) in [6, 6.07) is -0.883. The molecule has 1 amide bonds. The highest BCUT2D eigenvalue weighted by molar-refractivity contribution is 6.23. The lowest BCUT2D eigenvalue weighted by molar-refractivity contribution is -0.177. The van der Waals surface area contributed by atoms with Gasteiger partial charge in [-0.25, -0.2) is 4.79 Å². The molecule has 0 heterocycles. The van der Waals surface area contributed by atoms with Gasteiger partial charge in [-0.1, -0.05) is 40.5 Å². The molecule has 9 heteroatoms. The normalized spacial score (nSPS) is 19.8. The predicted molar refractivity (Wildman–Crippen MR) is 107 cm³/mol. The molecule has 0 aliphatic heterocycles. The topological polar surface area (TPSA) is 144 Å². The van der Waals surface area contributed by atoms with Gasteiger partial charge in [0, 0.05) is 7.05 Å². The van der Waals surface area contributed by atoms with Gasteiger partial charge in [0.05, 0.1) is 6.04 Å². The number of carbonyl (C=O) groups is 4. The smallest absolute Gasteiger partial charge is 0.343 e. The molecule has 0 bridgehead atoms. The van der Waals surface area contributed by atoms with E-state index >= 15 is 0 Å². The second-order valence-electron chi connectivity index (χ2n) is 7.87. The zero-order valence-corrected chi connectivity index (χ0v) is 18.6. The number of nitrogens with one attached hydrogen (secondary N) is 1. The van der Waals surface area contributed by atoms with Gasteiger partial charge in [0.15, 0.2) is 11.3 Å². The molecule has 0 rings (SSSR count). The van der Waals surface area contributed by atoms with Gasteiger partial charge in [0.1, 0.15) is 6.10 Å². The Morgan fingerprint density at radius 1 is 1.07 bits per heavy atom. The van der Waals surface area contributed by atoms with Crippen LogP contribution >= 0.6 is 0 Å². The Hall–Kier alpha value is -1.84. The zero-order chi connectivity index (χ0) is 23.3. The van der Waals surface area contributed by atoms with Gasteiger partial charge in [-0.3, -0.25) is 14.4 Å². The zero-order valence-electron chi connectivity index (χ0n) is 18.6. The van der Waals surface area contributed by atoms with Crippen LogP contribution in [0.5, 0.6) is 0 Å². The maximum absolute atomic E-state index is 13.8. The quantitative estimate of drug-likeness (QED) is 0.331. The van der Waals surface area contributed by atoms with E-state index in [1.165, 1.54) is 21.0 Å². The van der Waals surface area contributed by atoms with E-state index in [-0.39, 0.29) is 12.3 Å². The molecule has 6 atom stereocenters. The lowest BCUT2D eigenvalue weighted by atomic mass is 9.67. The van der Waals surface area contributed by atoms with E-state index in [0.29, 0.717) is 6.42 Å². The number of carbonyl (C=O) groups excluding carboxylic acids is 3. The molecule has 4 N–H and O–H groups in total. The summed E-state index contributed by atoms with van der Waals surface area (Å²) in [5.74, 6) is -5.85. The van der Waals surface area contributed by atoms with Crippen molar-refractivity contribution in [2.45, 2.75) is 77.7 Å². The lowest BCUT2D eigenvalue weighted by Crippen LogP contribution is -2.73. The van der Waals surface area contributed by atoms with E-state index in [9.17, 15) is 34.5 Å². The molecule has 0 aromatic rings. The average molecular weight is 417 g/mol. The molecule has 0 saturated heterocycles. The number of aliphatic hydroxyl groups is 2. The fourth-order valence-electron chi connectivity index (χ4n) is 3.59. The molecule has 29 heavy (non-hydrogen) atoms. The summed E-state index contributed by atoms with van der Waals surface area (Å²) in [5, 5.41) is 32.6. The van der Waals surface area contributed by atoms with E-state index in [1.807, 2.05) is 6.92 Å². The molecular formula is C20H36N2O7. The number of aliphatic hydroxyl groups excluding tert-OH is 1. The Morgan fingerprint density at radius 2 is 1.55 bits per heavy atom. The monoisotopic (exact) mass is 416 g/mol. The van der Waals surface area contributed by atoms with Crippen LogP contribution in [0.2, 0.25) is 0 Å². The summed E-state index contributed by atoms with van der Waals surface area (Å²) in [7, 11) is 2.71. The summed E-state index contributed by atoms with van der Waals surface area (Å²) in [5.41, 5.74) is -5.21. The Labute approximate surface area is 172 Å². The van der Waals surface area contributed by atoms with Gasteiger partial charge >= 0.3 is 5.97 Å². The molecule has 168 valence electrons. The average Bonchev–Trinajstić information content (AvgIpc) is 2.67. The van der Waals surface area contributed by atoms with Crippen molar-refractivity contribution in [3.63, 3.8) is 0 Å². The number of likely N-dealkylation sites (N-methyl/N-ethyl adjacent to an activating group) is 2. The van der Waals surface area contributed by atoms with Crippen molar-refractivity contribution in [1.82, 2.24) is 10.2 Å². The van der Waals surface area contributed by atoms with Gasteiger partial charge in [-0.2, -0.15) is 0 Å². The molecule has 0 fully saturated rings. The molecule has 0 radical (unpaired) electrons. The fourth-order valence-corrected chi connectivity index (χ4v) is 3.59. The first kappa shape index (κ1) is 27.2. The molecule has 9 nitrogen and oxygen atoms in total. The van der Waals surface area contributed by atoms with Crippen LogP contribution in [0.3, 0.4) is 0 Å². The summed E-state index contributed by atoms with van der Waals surface area (Å²) in [6.45, 7) is 8.86. The first-order chi connectivity index (χ1) is 13.2. The molecule has 0 spiro atoms. The third kappa shape index (κ3) is 4.84. The highest BCUT2D eigenvalue weighted by atomic mass is 16.4. The number of nitrogens with zero attached hydrogens (tertiary/aromatic N) is 1. The number of ketones is 2. The minimum absolute atomic E-state index is 0.238. The van der Waals surface area contributed by atoms with Crippen LogP contribution in [0.15, 0.2) is 0 Å². The molecule has 0 saturated carbocycles. The third-order valence-electron chi connectivity index (χ3n) is 5.93. The van der Waals surface area contributed by atoms with Crippen LogP contribution in [0.4, 0.5) is 0 Å². The minimum Gasteiger partial charge on any atom is -0.479 e. The van der Waals surface area contributed by atoms with E-state index in [1.54, 1.807) is 20.8 Å². The number of hydrogen-bond donors (Lipinski definition) is 4. The minimum atomic E-state index is -2.92. The molecular weight excluding hydrogens is 380 g/mol. The van der Waals surface area contributed by atoms with Crippen molar-refractivity contribution < 1.29 is 34.5 Å². The van der Waals surface area contributed by atoms with E-state index in [4.69, 9.17) is 0 Å². The Kier molecular flexibility index (Phi) is 9.62. The molecule has 0 aromatic carbocycles. The summed E-state index contributed by atoms with van der Waals surface area (Å²) in [4.78, 5) is 52.5. The number of rotatable bonds is 12. The summed E-state index contributed by atoms with van der Waals surface area (Å²) >= 11 is 0. The van der Waals surface area contributed by atoms with Gasteiger partial charge in [0.2, 0.25) is 11.4 Å². The Balaban J connectivity index is 7.12. The maximum Gasteiger partial charge on any atom is 0.343 e. The second-order valence-corrected chi connectivity index (χ2v) is 7.87. The lowest BCUT2D eigenvalue weighted by Gasteiger charge is -2.47. The number of carboxylic acids is 1. The van der Waals surface area contributed by atoms with Crippen molar-refractivity contribution in [2.24, 2.45) is 11.8 Å². The third-order valence-corrected chi connectivity index (χ3v) is 5.93. The highest BCUT2D eigenvalue weighted by Gasteiger charge is 2.62. The van der Waals surface area contributed by atoms with Crippen LogP contribution < -0.4 is 5.32 Å². The van der Waals surface area contributed by atoms with Gasteiger partial charge < -0.3 is 25.5 Å². The largest absolute Gasteiger partial charge is 0.479 e. The van der Waals surface area contributed by atoms with Crippen LogP contribution in [0.25, 0.3) is 0 Å². The number of aliphatic carboxylic acids is 1. The number of Topliss-reactive ketones (excluding diaryl/α,β-unsaturated/α-hetero) is 2. The van der Waals surface area contributed by atoms with Crippen molar-refractivity contribution in [3.8, 4) is 0 Å². The van der Waals surface area contributed by atoms with Crippen LogP contribution in [-0.2, 0) is 19.2 Å². The van der Waals surface area contributed by atoms with Crippen LogP contribution in [0, 0.1) is 11.8 Å². The fraction of sp³-hybridized carbons (Fsp3) is 0.800. The summed E-state index contributed by atoms with van der Waals surface area (Å²) < 4.78 is 0. The van der Waals surface area contributed by atoms with Gasteiger partial charge in [0.25, 0.3) is 5.91 Å². The van der Waals surface area contributed by atoms with Gasteiger partial charge in [-0.15, -0.1) is 0 Å². The molecule has 0 unspecified atom stereocenters. The first-order valence-electron chi connectivity index (χ1n) is 9.87. The SMILES string of the molecule is CC[C@H](C)[C@H](NC)C(=O)[C@@](C(=O)[C@](C)(O)C(=O)O)([C@@H](C)CC)N(C)C(=O)[C@@H](C)O. The summed E-state index contributed by atoms with van der Waals surface area (Å²) in [6.07, 6.45) is -0.720. The van der Waals surface area contributed by atoms with Crippen LogP contribution in [-0.4, -0.2) is 81.0 Å². The van der Waals surface area contributed by atoms with Gasteiger partial charge in [-0.05, 0) is 32.7 Å². The second kappa shape index (κ2) is 10.3. The number of amides is 1. The van der Waals surface area contributed by atoms with Crippen molar-refractivity contribution in [2.75, 3.05) is 14.1 Å². The molecule has 0 aromatic heterocycles. The molecule has 0 aliphatic carbocycles. The standard InChI is InChI=1S/C20H36N2O7/c1-9-11(3)14(21-7)15(24)20(12(4)10-2,22(8)16(25)13(5)23)17(26)19(6,29)18(27)28/h11-14,21,23,29H,9-10H2,1-8H3,(H,27,28)/t11-,12-,13+,14-,19-,20+/m0/s1. The van der Waals surface area contributed by atoms with Crippen molar-refractivity contribution in [1.29, 1.82) is 0 Å². The Morgan fingerprint density at radius 3 is 1.86 bits per heavy atom. The van der Waals surface area contributed by atoms with Crippen molar-refractivity contribution >= 4 is 23.4 Å². The predicted octanol–water partition coefficient (Wildman–Crippen LogP) is 0.218. The maximum atomic E-state index is 13.8. The van der Waals surface area contributed by atoms with E-state index in [2.05, 4.69) is 5.32 Å². The van der Waals surface area contributed by atoms with E-state index < -0.39 is 52.6 Å². The first-order valence-corrected chi connectivity index (χ1v) is 9.87. The molecule has 0 aliphatic rings. The Bertz CT molecular complexity index is 632.